The maximum Gasteiger partial charge on any atom is 0.160 e. The van der Waals surface area contributed by atoms with Crippen molar-refractivity contribution in [2.75, 3.05) is 18.0 Å². The van der Waals surface area contributed by atoms with Gasteiger partial charge in [-0.25, -0.2) is 4.98 Å². The molecule has 0 radical (unpaired) electrons. The Morgan fingerprint density at radius 3 is 2.71 bits per heavy atom. The third-order valence-electron chi connectivity index (χ3n) is 4.99. The van der Waals surface area contributed by atoms with Crippen molar-refractivity contribution in [1.29, 1.82) is 0 Å². The monoisotopic (exact) mass is 325 g/mol. The molecule has 0 amide bonds. The van der Waals surface area contributed by atoms with Crippen LogP contribution < -0.4 is 4.90 Å². The van der Waals surface area contributed by atoms with Gasteiger partial charge in [0.15, 0.2) is 5.65 Å². The fourth-order valence-electron chi connectivity index (χ4n) is 3.37. The summed E-state index contributed by atoms with van der Waals surface area (Å²) >= 11 is 0. The van der Waals surface area contributed by atoms with Crippen LogP contribution in [-0.2, 0) is 19.4 Å². The minimum absolute atomic E-state index is 0.894. The number of anilines is 1. The van der Waals surface area contributed by atoms with Crippen LogP contribution in [0.2, 0.25) is 0 Å². The summed E-state index contributed by atoms with van der Waals surface area (Å²) < 4.78 is 4.22. The molecule has 126 valence electrons. The number of aromatic nitrogens is 6. The largest absolute Gasteiger partial charge is 0.354 e. The number of aryl methyl sites for hydroxylation is 4. The zero-order chi connectivity index (χ0) is 16.8. The van der Waals surface area contributed by atoms with Crippen LogP contribution in [0, 0.1) is 20.8 Å². The highest BCUT2D eigenvalue weighted by atomic mass is 15.4. The number of fused-ring (bicyclic) bond motifs is 2. The molecule has 0 saturated heterocycles. The minimum atomic E-state index is 0.894. The number of hydrogen-bond donors (Lipinski definition) is 0. The highest BCUT2D eigenvalue weighted by Crippen LogP contribution is 2.23. The molecule has 7 nitrogen and oxygen atoms in total. The second-order valence-electron chi connectivity index (χ2n) is 6.46. The van der Waals surface area contributed by atoms with E-state index in [0.29, 0.717) is 0 Å². The maximum atomic E-state index is 4.78. The van der Waals surface area contributed by atoms with E-state index < -0.39 is 0 Å². The molecule has 1 aliphatic rings. The van der Waals surface area contributed by atoms with E-state index in [-0.39, 0.29) is 0 Å². The van der Waals surface area contributed by atoms with Gasteiger partial charge >= 0.3 is 0 Å². The average Bonchev–Trinajstić information content (AvgIpc) is 2.98. The van der Waals surface area contributed by atoms with Gasteiger partial charge in [0.05, 0.1) is 5.69 Å². The fourth-order valence-corrected chi connectivity index (χ4v) is 3.37. The summed E-state index contributed by atoms with van der Waals surface area (Å²) in [5.74, 6) is 3.19. The summed E-state index contributed by atoms with van der Waals surface area (Å²) in [5.41, 5.74) is 4.29. The molecule has 0 aliphatic carbocycles. The van der Waals surface area contributed by atoms with Gasteiger partial charge in [0.1, 0.15) is 17.5 Å². The lowest BCUT2D eigenvalue weighted by atomic mass is 10.2. The SMILES string of the molecule is CCc1cc(N2CCc3nnc(C)n3CC2)n2nc(C)c(C)c2n1. The number of nitrogens with zero attached hydrogens (tertiary/aromatic N) is 7. The molecule has 4 heterocycles. The molecule has 0 atom stereocenters. The lowest BCUT2D eigenvalue weighted by Gasteiger charge is -2.23. The van der Waals surface area contributed by atoms with Crippen molar-refractivity contribution >= 4 is 11.5 Å². The van der Waals surface area contributed by atoms with Crippen molar-refractivity contribution in [2.24, 2.45) is 0 Å². The summed E-state index contributed by atoms with van der Waals surface area (Å²) in [6, 6.07) is 2.18. The minimum Gasteiger partial charge on any atom is -0.354 e. The van der Waals surface area contributed by atoms with Gasteiger partial charge in [0, 0.05) is 43.4 Å². The van der Waals surface area contributed by atoms with Crippen molar-refractivity contribution < 1.29 is 0 Å². The second-order valence-corrected chi connectivity index (χ2v) is 6.46. The molecule has 3 aromatic rings. The normalized spacial score (nSPS) is 14.9. The standard InChI is InChI=1S/C17H23N7/c1-5-14-10-16(24-17(18-14)11(2)12(3)21-24)22-7-6-15-20-19-13(4)23(15)9-8-22/h10H,5-9H2,1-4H3. The van der Waals surface area contributed by atoms with E-state index in [1.807, 2.05) is 18.4 Å². The first-order valence-electron chi connectivity index (χ1n) is 8.58. The zero-order valence-corrected chi connectivity index (χ0v) is 14.7. The molecule has 0 unspecified atom stereocenters. The Morgan fingerprint density at radius 1 is 1.08 bits per heavy atom. The van der Waals surface area contributed by atoms with Gasteiger partial charge in [-0.2, -0.15) is 9.61 Å². The van der Waals surface area contributed by atoms with Crippen LogP contribution in [0.3, 0.4) is 0 Å². The van der Waals surface area contributed by atoms with E-state index in [1.54, 1.807) is 0 Å². The Labute approximate surface area is 141 Å². The molecule has 0 N–H and O–H groups in total. The van der Waals surface area contributed by atoms with Crippen LogP contribution in [0.5, 0.6) is 0 Å². The highest BCUT2D eigenvalue weighted by Gasteiger charge is 2.21. The number of rotatable bonds is 2. The van der Waals surface area contributed by atoms with Crippen molar-refractivity contribution in [3.05, 3.63) is 34.7 Å². The molecule has 0 aromatic carbocycles. The second kappa shape index (κ2) is 5.58. The van der Waals surface area contributed by atoms with Crippen LogP contribution in [-0.4, -0.2) is 42.5 Å². The molecule has 0 saturated carbocycles. The molecular formula is C17H23N7. The van der Waals surface area contributed by atoms with Crippen LogP contribution in [0.25, 0.3) is 5.65 Å². The number of hydrogen-bond acceptors (Lipinski definition) is 5. The Bertz CT molecular complexity index is 905. The van der Waals surface area contributed by atoms with Gasteiger partial charge in [-0.05, 0) is 27.2 Å². The van der Waals surface area contributed by atoms with Gasteiger partial charge in [-0.1, -0.05) is 6.92 Å². The third kappa shape index (κ3) is 2.26. The quantitative estimate of drug-likeness (QED) is 0.720. The molecule has 0 spiro atoms. The van der Waals surface area contributed by atoms with Crippen molar-refractivity contribution in [3.8, 4) is 0 Å². The molecule has 24 heavy (non-hydrogen) atoms. The van der Waals surface area contributed by atoms with Crippen LogP contribution >= 0.6 is 0 Å². The van der Waals surface area contributed by atoms with E-state index in [0.717, 1.165) is 72.5 Å². The predicted molar refractivity (Wildman–Crippen MR) is 92.5 cm³/mol. The Morgan fingerprint density at radius 2 is 1.92 bits per heavy atom. The molecular weight excluding hydrogens is 302 g/mol. The van der Waals surface area contributed by atoms with Crippen molar-refractivity contribution in [1.82, 2.24) is 29.4 Å². The van der Waals surface area contributed by atoms with Gasteiger partial charge in [0.25, 0.3) is 0 Å². The molecule has 1 aliphatic heterocycles. The predicted octanol–water partition coefficient (Wildman–Crippen LogP) is 1.87. The molecule has 7 heteroatoms. The van der Waals surface area contributed by atoms with Gasteiger partial charge in [-0.3, -0.25) is 0 Å². The highest BCUT2D eigenvalue weighted by molar-refractivity contribution is 5.57. The van der Waals surface area contributed by atoms with Crippen molar-refractivity contribution in [3.63, 3.8) is 0 Å². The average molecular weight is 325 g/mol. The summed E-state index contributed by atoms with van der Waals surface area (Å²) in [7, 11) is 0. The van der Waals surface area contributed by atoms with Gasteiger partial charge < -0.3 is 9.47 Å². The van der Waals surface area contributed by atoms with Crippen molar-refractivity contribution in [2.45, 2.75) is 47.1 Å². The lowest BCUT2D eigenvalue weighted by Crippen LogP contribution is -2.29. The maximum absolute atomic E-state index is 4.78. The molecule has 4 rings (SSSR count). The Kier molecular flexibility index (Phi) is 3.51. The first-order valence-corrected chi connectivity index (χ1v) is 8.58. The van der Waals surface area contributed by atoms with E-state index in [4.69, 9.17) is 10.1 Å². The third-order valence-corrected chi connectivity index (χ3v) is 4.99. The molecule has 0 bridgehead atoms. The zero-order valence-electron chi connectivity index (χ0n) is 14.7. The van der Waals surface area contributed by atoms with Gasteiger partial charge in [0.2, 0.25) is 0 Å². The lowest BCUT2D eigenvalue weighted by molar-refractivity contribution is 0.659. The first kappa shape index (κ1) is 15.1. The molecule has 3 aromatic heterocycles. The van der Waals surface area contributed by atoms with E-state index in [2.05, 4.69) is 39.6 Å². The Balaban J connectivity index is 1.77. The topological polar surface area (TPSA) is 64.1 Å². The van der Waals surface area contributed by atoms with Gasteiger partial charge in [-0.15, -0.1) is 10.2 Å². The fraction of sp³-hybridized carbons (Fsp3) is 0.529. The van der Waals surface area contributed by atoms with Crippen LogP contribution in [0.4, 0.5) is 5.82 Å². The van der Waals surface area contributed by atoms with E-state index in [9.17, 15) is 0 Å². The summed E-state index contributed by atoms with van der Waals surface area (Å²) in [5, 5.41) is 13.2. The van der Waals surface area contributed by atoms with E-state index >= 15 is 0 Å². The van der Waals surface area contributed by atoms with E-state index in [1.165, 1.54) is 0 Å². The molecule has 0 fully saturated rings. The first-order chi connectivity index (χ1) is 11.6. The summed E-state index contributed by atoms with van der Waals surface area (Å²) in [4.78, 5) is 7.18. The summed E-state index contributed by atoms with van der Waals surface area (Å²) in [6.45, 7) is 11.1. The van der Waals surface area contributed by atoms with Crippen LogP contribution in [0.15, 0.2) is 6.07 Å². The Hall–Kier alpha value is -2.44. The van der Waals surface area contributed by atoms with Crippen LogP contribution in [0.1, 0.15) is 35.5 Å². The summed E-state index contributed by atoms with van der Waals surface area (Å²) in [6.07, 6.45) is 1.82. The smallest absolute Gasteiger partial charge is 0.160 e.